The summed E-state index contributed by atoms with van der Waals surface area (Å²) < 4.78 is 0. The van der Waals surface area contributed by atoms with Crippen molar-refractivity contribution < 1.29 is 5.11 Å². The molecule has 0 amide bonds. The molecule has 0 aliphatic heterocycles. The maximum atomic E-state index is 9.18. The van der Waals surface area contributed by atoms with E-state index in [9.17, 15) is 5.11 Å². The molecule has 3 heteroatoms. The molecule has 0 bridgehead atoms. The molecule has 0 aliphatic carbocycles. The van der Waals surface area contributed by atoms with Crippen molar-refractivity contribution in [1.82, 2.24) is 4.98 Å². The molecule has 84 valence electrons. The Kier molecular flexibility index (Phi) is 3.37. The Morgan fingerprint density at radius 2 is 2.12 bits per heavy atom. The van der Waals surface area contributed by atoms with Crippen molar-refractivity contribution in [3.05, 3.63) is 36.5 Å². The topological polar surface area (TPSA) is 45.1 Å². The quantitative estimate of drug-likeness (QED) is 0.825. The van der Waals surface area contributed by atoms with Gasteiger partial charge >= 0.3 is 0 Å². The van der Waals surface area contributed by atoms with E-state index in [0.29, 0.717) is 0 Å². The molecule has 0 spiro atoms. The van der Waals surface area contributed by atoms with Crippen LogP contribution in [0.5, 0.6) is 0 Å². The Balaban J connectivity index is 2.17. The third-order valence-corrected chi connectivity index (χ3v) is 2.53. The van der Waals surface area contributed by atoms with Gasteiger partial charge in [-0.3, -0.25) is 0 Å². The molecule has 1 aromatic heterocycles. The molecule has 0 saturated carbocycles. The minimum Gasteiger partial charge on any atom is -0.393 e. The molecule has 3 nitrogen and oxygen atoms in total. The number of aliphatic hydroxyl groups excluding tert-OH is 1. The smallest absolute Gasteiger partial charge is 0.133 e. The van der Waals surface area contributed by atoms with E-state index in [1.165, 1.54) is 5.39 Å². The van der Waals surface area contributed by atoms with E-state index in [-0.39, 0.29) is 6.10 Å². The van der Waals surface area contributed by atoms with Crippen molar-refractivity contribution >= 4 is 16.6 Å². The van der Waals surface area contributed by atoms with Gasteiger partial charge in [0, 0.05) is 18.1 Å². The van der Waals surface area contributed by atoms with Crippen molar-refractivity contribution in [3.63, 3.8) is 0 Å². The first-order chi connectivity index (χ1) is 7.77. The number of benzene rings is 1. The van der Waals surface area contributed by atoms with Crippen molar-refractivity contribution in [2.45, 2.75) is 19.4 Å². The molecule has 2 rings (SSSR count). The lowest BCUT2D eigenvalue weighted by Crippen LogP contribution is -2.10. The lowest BCUT2D eigenvalue weighted by molar-refractivity contribution is 0.188. The van der Waals surface area contributed by atoms with Gasteiger partial charge in [-0.15, -0.1) is 0 Å². The summed E-state index contributed by atoms with van der Waals surface area (Å²) in [5.74, 6) is 0.888. The summed E-state index contributed by atoms with van der Waals surface area (Å²) in [5.41, 5.74) is 0. The number of nitrogens with zero attached hydrogens (tertiary/aromatic N) is 1. The number of fused-ring (bicyclic) bond motifs is 1. The van der Waals surface area contributed by atoms with E-state index in [1.54, 1.807) is 13.1 Å². The fourth-order valence-electron chi connectivity index (χ4n) is 1.66. The van der Waals surface area contributed by atoms with Crippen LogP contribution in [-0.4, -0.2) is 22.7 Å². The summed E-state index contributed by atoms with van der Waals surface area (Å²) in [6.45, 7) is 2.52. The van der Waals surface area contributed by atoms with Crippen LogP contribution in [-0.2, 0) is 0 Å². The Labute approximate surface area is 95.1 Å². The predicted octanol–water partition coefficient (Wildman–Crippen LogP) is 2.42. The first-order valence-corrected chi connectivity index (χ1v) is 5.53. The molecule has 0 aliphatic rings. The van der Waals surface area contributed by atoms with Gasteiger partial charge in [-0.1, -0.05) is 24.3 Å². The number of aliphatic hydroxyl groups is 1. The van der Waals surface area contributed by atoms with E-state index in [2.05, 4.69) is 16.4 Å². The standard InChI is InChI=1S/C13H16N2O/c1-10(16)6-8-14-13-12-5-3-2-4-11(12)7-9-15-13/h2-5,7,9-10,16H,6,8H2,1H3,(H,14,15). The minimum atomic E-state index is -0.275. The number of rotatable bonds is 4. The summed E-state index contributed by atoms with van der Waals surface area (Å²) in [5, 5.41) is 14.7. The lowest BCUT2D eigenvalue weighted by Gasteiger charge is -2.09. The fraction of sp³-hybridized carbons (Fsp3) is 0.308. The van der Waals surface area contributed by atoms with Crippen LogP contribution in [0.2, 0.25) is 0 Å². The maximum Gasteiger partial charge on any atom is 0.133 e. The van der Waals surface area contributed by atoms with Crippen molar-refractivity contribution in [2.75, 3.05) is 11.9 Å². The second-order valence-corrected chi connectivity index (χ2v) is 3.95. The normalized spacial score (nSPS) is 12.6. The van der Waals surface area contributed by atoms with E-state index in [1.807, 2.05) is 24.3 Å². The summed E-state index contributed by atoms with van der Waals surface area (Å²) in [6.07, 6.45) is 2.25. The van der Waals surface area contributed by atoms with Gasteiger partial charge in [-0.05, 0) is 24.8 Å². The van der Waals surface area contributed by atoms with Crippen LogP contribution in [0.3, 0.4) is 0 Å². The van der Waals surface area contributed by atoms with Crippen LogP contribution < -0.4 is 5.32 Å². The summed E-state index contributed by atoms with van der Waals surface area (Å²) in [6, 6.07) is 10.1. The molecule has 0 fully saturated rings. The highest BCUT2D eigenvalue weighted by atomic mass is 16.3. The lowest BCUT2D eigenvalue weighted by atomic mass is 10.1. The highest BCUT2D eigenvalue weighted by molar-refractivity contribution is 5.91. The Morgan fingerprint density at radius 3 is 2.94 bits per heavy atom. The molecule has 0 saturated heterocycles. The molecule has 1 unspecified atom stereocenters. The zero-order chi connectivity index (χ0) is 11.4. The monoisotopic (exact) mass is 216 g/mol. The largest absolute Gasteiger partial charge is 0.393 e. The van der Waals surface area contributed by atoms with E-state index < -0.39 is 0 Å². The first-order valence-electron chi connectivity index (χ1n) is 5.53. The van der Waals surface area contributed by atoms with Gasteiger partial charge in [0.05, 0.1) is 6.10 Å². The molecule has 1 atom stereocenters. The van der Waals surface area contributed by atoms with E-state index in [0.717, 1.165) is 24.2 Å². The van der Waals surface area contributed by atoms with Crippen LogP contribution in [0, 0.1) is 0 Å². The van der Waals surface area contributed by atoms with E-state index in [4.69, 9.17) is 0 Å². The molecular weight excluding hydrogens is 200 g/mol. The summed E-state index contributed by atoms with van der Waals surface area (Å²) >= 11 is 0. The minimum absolute atomic E-state index is 0.275. The molecule has 16 heavy (non-hydrogen) atoms. The van der Waals surface area contributed by atoms with Gasteiger partial charge in [-0.25, -0.2) is 4.98 Å². The molecular formula is C13H16N2O. The number of hydrogen-bond donors (Lipinski definition) is 2. The molecule has 0 radical (unpaired) electrons. The summed E-state index contributed by atoms with van der Waals surface area (Å²) in [7, 11) is 0. The highest BCUT2D eigenvalue weighted by Gasteiger charge is 2.01. The van der Waals surface area contributed by atoms with Gasteiger partial charge in [0.15, 0.2) is 0 Å². The Morgan fingerprint density at radius 1 is 1.31 bits per heavy atom. The van der Waals surface area contributed by atoms with Gasteiger partial charge in [0.2, 0.25) is 0 Å². The molecule has 2 aromatic rings. The average molecular weight is 216 g/mol. The van der Waals surface area contributed by atoms with Crippen LogP contribution in [0.25, 0.3) is 10.8 Å². The van der Waals surface area contributed by atoms with E-state index >= 15 is 0 Å². The first kappa shape index (κ1) is 10.9. The zero-order valence-electron chi connectivity index (χ0n) is 9.35. The van der Waals surface area contributed by atoms with Crippen LogP contribution in [0.1, 0.15) is 13.3 Å². The second-order valence-electron chi connectivity index (χ2n) is 3.95. The molecule has 1 heterocycles. The van der Waals surface area contributed by atoms with Crippen LogP contribution in [0.15, 0.2) is 36.5 Å². The zero-order valence-corrected chi connectivity index (χ0v) is 9.35. The van der Waals surface area contributed by atoms with Crippen molar-refractivity contribution in [2.24, 2.45) is 0 Å². The Bertz CT molecular complexity index is 463. The number of pyridine rings is 1. The van der Waals surface area contributed by atoms with Gasteiger partial charge in [0.1, 0.15) is 5.82 Å². The highest BCUT2D eigenvalue weighted by Crippen LogP contribution is 2.20. The van der Waals surface area contributed by atoms with Gasteiger partial charge < -0.3 is 10.4 Å². The maximum absolute atomic E-state index is 9.18. The van der Waals surface area contributed by atoms with Crippen LogP contribution >= 0.6 is 0 Å². The fourth-order valence-corrected chi connectivity index (χ4v) is 1.66. The van der Waals surface area contributed by atoms with Crippen LogP contribution in [0.4, 0.5) is 5.82 Å². The average Bonchev–Trinajstić information content (AvgIpc) is 2.29. The summed E-state index contributed by atoms with van der Waals surface area (Å²) in [4.78, 5) is 4.31. The third kappa shape index (κ3) is 2.49. The van der Waals surface area contributed by atoms with Gasteiger partial charge in [0.25, 0.3) is 0 Å². The van der Waals surface area contributed by atoms with Crippen molar-refractivity contribution in [3.8, 4) is 0 Å². The number of anilines is 1. The van der Waals surface area contributed by atoms with Crippen molar-refractivity contribution in [1.29, 1.82) is 0 Å². The second kappa shape index (κ2) is 4.94. The number of aromatic nitrogens is 1. The third-order valence-electron chi connectivity index (χ3n) is 2.53. The van der Waals surface area contributed by atoms with Gasteiger partial charge in [-0.2, -0.15) is 0 Å². The number of nitrogens with one attached hydrogen (secondary N) is 1. The Hall–Kier alpha value is -1.61. The molecule has 2 N–H and O–H groups in total. The predicted molar refractivity (Wildman–Crippen MR) is 66.5 cm³/mol. The number of hydrogen-bond acceptors (Lipinski definition) is 3. The SMILES string of the molecule is CC(O)CCNc1nccc2ccccc12. The molecule has 1 aromatic carbocycles.